The van der Waals surface area contributed by atoms with Crippen molar-refractivity contribution in [2.45, 2.75) is 19.9 Å². The maximum Gasteiger partial charge on any atom is 0.153 e. The van der Waals surface area contributed by atoms with Gasteiger partial charge in [-0.2, -0.15) is 10.4 Å². The Labute approximate surface area is 105 Å². The molecular formula is C14H13N3O. The predicted molar refractivity (Wildman–Crippen MR) is 68.0 cm³/mol. The number of carbonyl (C=O) groups is 1. The second-order valence-electron chi connectivity index (χ2n) is 4.09. The largest absolute Gasteiger partial charge is 0.298 e. The Bertz CT molecular complexity index is 590. The third-order valence-electron chi connectivity index (χ3n) is 2.69. The second-order valence-corrected chi connectivity index (χ2v) is 4.09. The van der Waals surface area contributed by atoms with Crippen LogP contribution in [0.4, 0.5) is 0 Å². The van der Waals surface area contributed by atoms with Gasteiger partial charge in [0.1, 0.15) is 5.69 Å². The van der Waals surface area contributed by atoms with Gasteiger partial charge in [-0.25, -0.2) is 0 Å². The molecule has 4 heteroatoms. The van der Waals surface area contributed by atoms with Crippen molar-refractivity contribution in [1.82, 2.24) is 9.78 Å². The molecule has 0 amide bonds. The number of hydrogen-bond acceptors (Lipinski definition) is 3. The highest BCUT2D eigenvalue weighted by atomic mass is 16.1. The fraction of sp³-hybridized carbons (Fsp3) is 0.214. The van der Waals surface area contributed by atoms with Gasteiger partial charge >= 0.3 is 0 Å². The minimum atomic E-state index is 0.382. The molecule has 1 heterocycles. The van der Waals surface area contributed by atoms with E-state index in [1.807, 2.05) is 31.2 Å². The van der Waals surface area contributed by atoms with Gasteiger partial charge in [-0.1, -0.05) is 29.8 Å². The maximum atomic E-state index is 11.0. The van der Waals surface area contributed by atoms with Crippen molar-refractivity contribution in [3.05, 3.63) is 41.6 Å². The van der Waals surface area contributed by atoms with E-state index in [4.69, 9.17) is 5.26 Å². The number of rotatable bonds is 4. The van der Waals surface area contributed by atoms with Crippen LogP contribution in [0.5, 0.6) is 0 Å². The molecule has 1 aromatic heterocycles. The molecule has 4 nitrogen and oxygen atoms in total. The Balaban J connectivity index is 2.37. The Morgan fingerprint density at radius 2 is 2.11 bits per heavy atom. The number of aromatic nitrogens is 2. The van der Waals surface area contributed by atoms with Gasteiger partial charge in [0.15, 0.2) is 6.29 Å². The summed E-state index contributed by atoms with van der Waals surface area (Å²) >= 11 is 0. The molecule has 0 N–H and O–H groups in total. The zero-order valence-electron chi connectivity index (χ0n) is 10.1. The van der Waals surface area contributed by atoms with Crippen LogP contribution in [0.15, 0.2) is 30.5 Å². The Morgan fingerprint density at radius 1 is 1.39 bits per heavy atom. The van der Waals surface area contributed by atoms with Gasteiger partial charge in [-0.15, -0.1) is 0 Å². The Hall–Kier alpha value is -2.41. The molecule has 0 bridgehead atoms. The minimum absolute atomic E-state index is 0.382. The molecule has 0 saturated heterocycles. The van der Waals surface area contributed by atoms with E-state index in [-0.39, 0.29) is 0 Å². The molecule has 1 aromatic carbocycles. The first-order chi connectivity index (χ1) is 8.74. The van der Waals surface area contributed by atoms with Crippen LogP contribution in [0, 0.1) is 18.3 Å². The van der Waals surface area contributed by atoms with E-state index in [0.29, 0.717) is 24.2 Å². The normalized spacial score (nSPS) is 10.0. The average molecular weight is 239 g/mol. The van der Waals surface area contributed by atoms with E-state index in [9.17, 15) is 4.79 Å². The first-order valence-electron chi connectivity index (χ1n) is 5.71. The van der Waals surface area contributed by atoms with Crippen molar-refractivity contribution < 1.29 is 4.79 Å². The summed E-state index contributed by atoms with van der Waals surface area (Å²) in [6, 6.07) is 9.92. The smallest absolute Gasteiger partial charge is 0.153 e. The Kier molecular flexibility index (Phi) is 3.54. The first-order valence-corrected chi connectivity index (χ1v) is 5.71. The van der Waals surface area contributed by atoms with Crippen molar-refractivity contribution >= 4 is 6.29 Å². The van der Waals surface area contributed by atoms with Crippen molar-refractivity contribution in [2.24, 2.45) is 0 Å². The van der Waals surface area contributed by atoms with E-state index in [0.717, 1.165) is 17.4 Å². The van der Waals surface area contributed by atoms with Crippen molar-refractivity contribution in [3.8, 4) is 17.3 Å². The summed E-state index contributed by atoms with van der Waals surface area (Å²) in [5, 5.41) is 12.9. The molecule has 0 unspecified atom stereocenters. The SMILES string of the molecule is Cc1ccc(-c2nn(CCC#N)cc2C=O)cc1. The van der Waals surface area contributed by atoms with Gasteiger partial charge in [-0.05, 0) is 6.92 Å². The van der Waals surface area contributed by atoms with E-state index in [1.165, 1.54) is 0 Å². The topological polar surface area (TPSA) is 58.7 Å². The molecule has 0 fully saturated rings. The van der Waals surface area contributed by atoms with Gasteiger partial charge in [-0.3, -0.25) is 9.48 Å². The summed E-state index contributed by atoms with van der Waals surface area (Å²) in [6.45, 7) is 2.51. The summed E-state index contributed by atoms with van der Waals surface area (Å²) in [4.78, 5) is 11.0. The van der Waals surface area contributed by atoms with E-state index in [2.05, 4.69) is 11.2 Å². The summed E-state index contributed by atoms with van der Waals surface area (Å²) in [7, 11) is 0. The average Bonchev–Trinajstić information content (AvgIpc) is 2.80. The maximum absolute atomic E-state index is 11.0. The number of nitriles is 1. The molecule has 2 aromatic rings. The highest BCUT2D eigenvalue weighted by molar-refractivity contribution is 5.85. The minimum Gasteiger partial charge on any atom is -0.298 e. The second kappa shape index (κ2) is 5.28. The molecule has 0 aliphatic carbocycles. The number of aldehydes is 1. The van der Waals surface area contributed by atoms with E-state index in [1.54, 1.807) is 10.9 Å². The van der Waals surface area contributed by atoms with Crippen LogP contribution in [0.3, 0.4) is 0 Å². The molecule has 0 radical (unpaired) electrons. The molecule has 0 spiro atoms. The lowest BCUT2D eigenvalue weighted by Crippen LogP contribution is -1.97. The first kappa shape index (κ1) is 12.1. The lowest BCUT2D eigenvalue weighted by atomic mass is 10.1. The molecule has 18 heavy (non-hydrogen) atoms. The molecular weight excluding hydrogens is 226 g/mol. The van der Waals surface area contributed by atoms with Crippen molar-refractivity contribution in [2.75, 3.05) is 0 Å². The van der Waals surface area contributed by atoms with Crippen LogP contribution in [-0.2, 0) is 6.54 Å². The van der Waals surface area contributed by atoms with Crippen LogP contribution < -0.4 is 0 Å². The fourth-order valence-corrected chi connectivity index (χ4v) is 1.74. The third-order valence-corrected chi connectivity index (χ3v) is 2.69. The quantitative estimate of drug-likeness (QED) is 0.770. The number of hydrogen-bond donors (Lipinski definition) is 0. The third kappa shape index (κ3) is 2.46. The number of benzene rings is 1. The molecule has 90 valence electrons. The van der Waals surface area contributed by atoms with Crippen LogP contribution >= 0.6 is 0 Å². The monoisotopic (exact) mass is 239 g/mol. The number of carbonyl (C=O) groups excluding carboxylic acids is 1. The van der Waals surface area contributed by atoms with Crippen LogP contribution in [0.25, 0.3) is 11.3 Å². The molecule has 2 rings (SSSR count). The predicted octanol–water partition coefficient (Wildman–Crippen LogP) is 2.58. The van der Waals surface area contributed by atoms with Gasteiger partial charge in [0, 0.05) is 11.8 Å². The van der Waals surface area contributed by atoms with E-state index < -0.39 is 0 Å². The highest BCUT2D eigenvalue weighted by Gasteiger charge is 2.10. The summed E-state index contributed by atoms with van der Waals surface area (Å²) in [6.07, 6.45) is 2.86. The summed E-state index contributed by atoms with van der Waals surface area (Å²) < 4.78 is 1.64. The number of aryl methyl sites for hydroxylation is 2. The highest BCUT2D eigenvalue weighted by Crippen LogP contribution is 2.21. The van der Waals surface area contributed by atoms with Gasteiger partial charge in [0.05, 0.1) is 24.6 Å². The van der Waals surface area contributed by atoms with Crippen LogP contribution in [-0.4, -0.2) is 16.1 Å². The van der Waals surface area contributed by atoms with Crippen LogP contribution in [0.2, 0.25) is 0 Å². The molecule has 0 aliphatic heterocycles. The van der Waals surface area contributed by atoms with Crippen molar-refractivity contribution in [3.63, 3.8) is 0 Å². The lowest BCUT2D eigenvalue weighted by Gasteiger charge is -1.99. The lowest BCUT2D eigenvalue weighted by molar-refractivity contribution is 0.112. The molecule has 0 saturated carbocycles. The van der Waals surface area contributed by atoms with Gasteiger partial charge in [0.2, 0.25) is 0 Å². The zero-order chi connectivity index (χ0) is 13.0. The van der Waals surface area contributed by atoms with E-state index >= 15 is 0 Å². The number of nitrogens with zero attached hydrogens (tertiary/aromatic N) is 3. The van der Waals surface area contributed by atoms with Gasteiger partial charge < -0.3 is 0 Å². The molecule has 0 aliphatic rings. The molecule has 0 atom stereocenters. The fourth-order valence-electron chi connectivity index (χ4n) is 1.74. The standard InChI is InChI=1S/C14H13N3O/c1-11-3-5-12(6-4-11)14-13(10-18)9-17(16-14)8-2-7-15/h3-6,9-10H,2,8H2,1H3. The summed E-state index contributed by atoms with van der Waals surface area (Å²) in [5.41, 5.74) is 3.30. The Morgan fingerprint density at radius 3 is 2.72 bits per heavy atom. The van der Waals surface area contributed by atoms with Crippen molar-refractivity contribution in [1.29, 1.82) is 5.26 Å². The van der Waals surface area contributed by atoms with Crippen LogP contribution in [0.1, 0.15) is 22.3 Å². The zero-order valence-corrected chi connectivity index (χ0v) is 10.1. The summed E-state index contributed by atoms with van der Waals surface area (Å²) in [5.74, 6) is 0. The van der Waals surface area contributed by atoms with Gasteiger partial charge in [0.25, 0.3) is 0 Å².